The third-order valence-corrected chi connectivity index (χ3v) is 3.66. The molecular formula is C18H19ClN2O4. The third kappa shape index (κ3) is 5.69. The molecule has 0 saturated heterocycles. The lowest BCUT2D eigenvalue weighted by molar-refractivity contribution is -0.142. The standard InChI is InChI=1S/C18H19ClN2O4/c1-23-17-9-13(7-8-16(17)25-12-18(22)24-2)10-20-21-11-14-5-3-4-6-15(14)19/h3-10,21H,11-12H2,1-2H3/b20-10-. The summed E-state index contributed by atoms with van der Waals surface area (Å²) in [6.45, 7) is 0.341. The van der Waals surface area contributed by atoms with Crippen LogP contribution in [0.3, 0.4) is 0 Å². The molecule has 0 saturated carbocycles. The maximum atomic E-state index is 11.1. The fraction of sp³-hybridized carbons (Fsp3) is 0.222. The van der Waals surface area contributed by atoms with Crippen LogP contribution in [-0.4, -0.2) is 33.0 Å². The van der Waals surface area contributed by atoms with E-state index in [0.29, 0.717) is 23.1 Å². The molecule has 2 aromatic carbocycles. The lowest BCUT2D eigenvalue weighted by Gasteiger charge is -2.10. The Morgan fingerprint density at radius 1 is 1.20 bits per heavy atom. The van der Waals surface area contributed by atoms with Crippen molar-refractivity contribution in [2.45, 2.75) is 6.54 Å². The number of halogens is 1. The van der Waals surface area contributed by atoms with E-state index in [2.05, 4.69) is 15.3 Å². The van der Waals surface area contributed by atoms with Gasteiger partial charge in [-0.15, -0.1) is 0 Å². The van der Waals surface area contributed by atoms with Crippen LogP contribution in [0.15, 0.2) is 47.6 Å². The monoisotopic (exact) mass is 362 g/mol. The molecule has 2 rings (SSSR count). The van der Waals surface area contributed by atoms with Gasteiger partial charge in [-0.05, 0) is 35.4 Å². The summed E-state index contributed by atoms with van der Waals surface area (Å²) in [5, 5.41) is 4.86. The molecule has 7 heteroatoms. The van der Waals surface area contributed by atoms with E-state index in [0.717, 1.165) is 11.1 Å². The summed E-state index contributed by atoms with van der Waals surface area (Å²) < 4.78 is 15.2. The number of hydrogen-bond acceptors (Lipinski definition) is 6. The van der Waals surface area contributed by atoms with Gasteiger partial charge in [-0.3, -0.25) is 0 Å². The van der Waals surface area contributed by atoms with Crippen LogP contribution < -0.4 is 14.9 Å². The van der Waals surface area contributed by atoms with Gasteiger partial charge in [-0.1, -0.05) is 29.8 Å². The van der Waals surface area contributed by atoms with Gasteiger partial charge < -0.3 is 19.6 Å². The zero-order valence-corrected chi connectivity index (χ0v) is 14.7. The number of nitrogens with zero attached hydrogens (tertiary/aromatic N) is 1. The van der Waals surface area contributed by atoms with Gasteiger partial charge in [0.05, 0.1) is 27.0 Å². The van der Waals surface area contributed by atoms with Crippen LogP contribution in [0.4, 0.5) is 0 Å². The van der Waals surface area contributed by atoms with E-state index in [-0.39, 0.29) is 6.61 Å². The number of methoxy groups -OCH3 is 2. The number of nitrogens with one attached hydrogen (secondary N) is 1. The van der Waals surface area contributed by atoms with Gasteiger partial charge in [-0.25, -0.2) is 4.79 Å². The first-order chi connectivity index (χ1) is 12.1. The first-order valence-corrected chi connectivity index (χ1v) is 7.89. The first kappa shape index (κ1) is 18.6. The lowest BCUT2D eigenvalue weighted by Crippen LogP contribution is -2.13. The fourth-order valence-electron chi connectivity index (χ4n) is 1.97. The molecule has 0 spiro atoms. The third-order valence-electron chi connectivity index (χ3n) is 3.29. The molecule has 0 atom stereocenters. The number of rotatable bonds is 8. The number of ether oxygens (including phenoxy) is 3. The van der Waals surface area contributed by atoms with E-state index in [1.807, 2.05) is 24.3 Å². The SMILES string of the molecule is COC(=O)COc1ccc(/C=N\NCc2ccccc2Cl)cc1OC. The van der Waals surface area contributed by atoms with Crippen LogP contribution >= 0.6 is 11.6 Å². The van der Waals surface area contributed by atoms with Gasteiger partial charge in [0.25, 0.3) is 0 Å². The summed E-state index contributed by atoms with van der Waals surface area (Å²) in [4.78, 5) is 11.1. The van der Waals surface area contributed by atoms with Crippen molar-refractivity contribution in [3.05, 3.63) is 58.6 Å². The summed E-state index contributed by atoms with van der Waals surface area (Å²) in [6, 6.07) is 12.8. The topological polar surface area (TPSA) is 69.2 Å². The Morgan fingerprint density at radius 3 is 2.72 bits per heavy atom. The van der Waals surface area contributed by atoms with Gasteiger partial charge >= 0.3 is 5.97 Å². The van der Waals surface area contributed by atoms with Crippen molar-refractivity contribution in [3.63, 3.8) is 0 Å². The molecule has 0 bridgehead atoms. The smallest absolute Gasteiger partial charge is 0.343 e. The minimum Gasteiger partial charge on any atom is -0.493 e. The Labute approximate surface area is 151 Å². The molecule has 2 aromatic rings. The summed E-state index contributed by atoms with van der Waals surface area (Å²) in [6.07, 6.45) is 1.66. The highest BCUT2D eigenvalue weighted by atomic mass is 35.5. The highest BCUT2D eigenvalue weighted by Gasteiger charge is 2.08. The molecule has 0 aliphatic carbocycles. The molecule has 0 aromatic heterocycles. The molecule has 0 amide bonds. The van der Waals surface area contributed by atoms with Crippen molar-refractivity contribution < 1.29 is 19.0 Å². The van der Waals surface area contributed by atoms with Crippen molar-refractivity contribution in [2.75, 3.05) is 20.8 Å². The van der Waals surface area contributed by atoms with Crippen molar-refractivity contribution in [1.29, 1.82) is 0 Å². The second kappa shape index (κ2) is 9.54. The Balaban J connectivity index is 1.95. The van der Waals surface area contributed by atoms with Gasteiger partial charge in [0.15, 0.2) is 18.1 Å². The number of esters is 1. The van der Waals surface area contributed by atoms with E-state index >= 15 is 0 Å². The van der Waals surface area contributed by atoms with E-state index in [1.54, 1.807) is 24.4 Å². The Kier molecular flexibility index (Phi) is 7.10. The summed E-state index contributed by atoms with van der Waals surface area (Å²) in [5.74, 6) is 0.490. The Hall–Kier alpha value is -2.73. The summed E-state index contributed by atoms with van der Waals surface area (Å²) in [5.41, 5.74) is 4.72. The highest BCUT2D eigenvalue weighted by molar-refractivity contribution is 6.31. The van der Waals surface area contributed by atoms with E-state index in [4.69, 9.17) is 21.1 Å². The zero-order chi connectivity index (χ0) is 18.1. The molecule has 6 nitrogen and oxygen atoms in total. The quantitative estimate of drug-likeness (QED) is 0.444. The lowest BCUT2D eigenvalue weighted by atomic mass is 10.2. The van der Waals surface area contributed by atoms with Crippen LogP contribution in [0.1, 0.15) is 11.1 Å². The second-order valence-electron chi connectivity index (χ2n) is 4.96. The van der Waals surface area contributed by atoms with E-state index in [1.165, 1.54) is 14.2 Å². The number of hydrogen-bond donors (Lipinski definition) is 1. The Morgan fingerprint density at radius 2 is 2.00 bits per heavy atom. The Bertz CT molecular complexity index is 750. The molecule has 132 valence electrons. The molecule has 0 aliphatic rings. The molecule has 0 radical (unpaired) electrons. The highest BCUT2D eigenvalue weighted by Crippen LogP contribution is 2.27. The van der Waals surface area contributed by atoms with Crippen LogP contribution in [0.2, 0.25) is 5.02 Å². The maximum Gasteiger partial charge on any atom is 0.343 e. The van der Waals surface area contributed by atoms with Crippen molar-refractivity contribution in [2.24, 2.45) is 5.10 Å². The van der Waals surface area contributed by atoms with Gasteiger partial charge in [0, 0.05) is 5.02 Å². The number of hydrazone groups is 1. The molecule has 1 N–H and O–H groups in total. The van der Waals surface area contributed by atoms with Gasteiger partial charge in [0.1, 0.15) is 0 Å². The average molecular weight is 363 g/mol. The van der Waals surface area contributed by atoms with Crippen LogP contribution in [-0.2, 0) is 16.1 Å². The second-order valence-corrected chi connectivity index (χ2v) is 5.37. The average Bonchev–Trinajstić information content (AvgIpc) is 2.64. The van der Waals surface area contributed by atoms with Crippen molar-refractivity contribution in [1.82, 2.24) is 5.43 Å². The molecule has 0 aliphatic heterocycles. The molecule has 0 fully saturated rings. The number of benzene rings is 2. The molecular weight excluding hydrogens is 344 g/mol. The minimum absolute atomic E-state index is 0.181. The predicted octanol–water partition coefficient (Wildman–Crippen LogP) is 3.02. The maximum absolute atomic E-state index is 11.1. The molecule has 25 heavy (non-hydrogen) atoms. The number of carbonyl (C=O) groups is 1. The van der Waals surface area contributed by atoms with Crippen LogP contribution in [0.25, 0.3) is 0 Å². The van der Waals surface area contributed by atoms with Crippen molar-refractivity contribution in [3.8, 4) is 11.5 Å². The van der Waals surface area contributed by atoms with Gasteiger partial charge in [0.2, 0.25) is 0 Å². The normalized spacial score (nSPS) is 10.5. The molecule has 0 heterocycles. The zero-order valence-electron chi connectivity index (χ0n) is 14.0. The summed E-state index contributed by atoms with van der Waals surface area (Å²) in [7, 11) is 2.83. The van der Waals surface area contributed by atoms with Crippen molar-refractivity contribution >= 4 is 23.8 Å². The molecule has 0 unspecified atom stereocenters. The predicted molar refractivity (Wildman–Crippen MR) is 96.4 cm³/mol. The van der Waals surface area contributed by atoms with Gasteiger partial charge in [-0.2, -0.15) is 5.10 Å². The minimum atomic E-state index is -0.462. The van der Waals surface area contributed by atoms with E-state index in [9.17, 15) is 4.79 Å². The largest absolute Gasteiger partial charge is 0.493 e. The van der Waals surface area contributed by atoms with E-state index < -0.39 is 5.97 Å². The fourth-order valence-corrected chi connectivity index (χ4v) is 2.17. The first-order valence-electron chi connectivity index (χ1n) is 7.51. The van der Waals surface area contributed by atoms with Crippen LogP contribution in [0.5, 0.6) is 11.5 Å². The van der Waals surface area contributed by atoms with Crippen LogP contribution in [0, 0.1) is 0 Å². The number of carbonyl (C=O) groups excluding carboxylic acids is 1. The summed E-state index contributed by atoms with van der Waals surface area (Å²) >= 11 is 6.08.